The number of aliphatic hydroxyl groups is 1. The quantitative estimate of drug-likeness (QED) is 0.776. The second-order valence-corrected chi connectivity index (χ2v) is 6.24. The van der Waals surface area contributed by atoms with Crippen molar-refractivity contribution < 1.29 is 9.90 Å². The summed E-state index contributed by atoms with van der Waals surface area (Å²) in [4.78, 5) is 16.6. The molecular weight excluding hydrogens is 304 g/mol. The summed E-state index contributed by atoms with van der Waals surface area (Å²) >= 11 is 0. The number of rotatable bonds is 3. The number of para-hydroxylation sites is 1. The maximum atomic E-state index is 12.1. The number of carbonyl (C=O) groups excluding carboxylic acids is 1. The molecule has 0 bridgehead atoms. The average molecular weight is 322 g/mol. The van der Waals surface area contributed by atoms with Gasteiger partial charge in [-0.3, -0.25) is 4.79 Å². The van der Waals surface area contributed by atoms with Gasteiger partial charge >= 0.3 is 0 Å². The molecule has 0 aliphatic heterocycles. The van der Waals surface area contributed by atoms with Crippen LogP contribution in [0.25, 0.3) is 16.7 Å². The van der Waals surface area contributed by atoms with E-state index in [1.807, 2.05) is 43.3 Å². The van der Waals surface area contributed by atoms with Gasteiger partial charge in [0.05, 0.1) is 29.4 Å². The van der Waals surface area contributed by atoms with Gasteiger partial charge in [-0.1, -0.05) is 18.2 Å². The molecule has 24 heavy (non-hydrogen) atoms. The Balaban J connectivity index is 1.64. The summed E-state index contributed by atoms with van der Waals surface area (Å²) < 4.78 is 1.80. The number of hydrogen-bond donors (Lipinski definition) is 2. The van der Waals surface area contributed by atoms with Crippen molar-refractivity contribution in [2.45, 2.75) is 25.9 Å². The topological polar surface area (TPSA) is 80.0 Å². The lowest BCUT2D eigenvalue weighted by Crippen LogP contribution is -2.37. The van der Waals surface area contributed by atoms with Gasteiger partial charge in [0.2, 0.25) is 5.91 Å². The Labute approximate surface area is 139 Å². The van der Waals surface area contributed by atoms with E-state index >= 15 is 0 Å². The third-order valence-electron chi connectivity index (χ3n) is 4.46. The number of hydrogen-bond acceptors (Lipinski definition) is 4. The molecule has 122 valence electrons. The SMILES string of the molecule is Cc1nn(-c2ccccc2)c2ncc(NC(=O)C3CC(O)C3)cc12. The fourth-order valence-electron chi connectivity index (χ4n) is 3.01. The first-order chi connectivity index (χ1) is 11.6. The standard InChI is InChI=1S/C18H18N4O2/c1-11-16-9-13(20-18(24)12-7-15(23)8-12)10-19-17(16)22(21-11)14-5-3-2-4-6-14/h2-6,9-10,12,15,23H,7-8H2,1H3,(H,20,24). The molecule has 0 atom stereocenters. The predicted molar refractivity (Wildman–Crippen MR) is 91.0 cm³/mol. The largest absolute Gasteiger partial charge is 0.393 e. The number of fused-ring (bicyclic) bond motifs is 1. The molecule has 1 aliphatic carbocycles. The molecule has 3 aromatic rings. The van der Waals surface area contributed by atoms with Crippen molar-refractivity contribution in [1.82, 2.24) is 14.8 Å². The molecule has 0 saturated heterocycles. The third-order valence-corrected chi connectivity index (χ3v) is 4.46. The van der Waals surface area contributed by atoms with E-state index < -0.39 is 0 Å². The highest BCUT2D eigenvalue weighted by molar-refractivity contribution is 5.95. The van der Waals surface area contributed by atoms with Crippen LogP contribution in [0.5, 0.6) is 0 Å². The molecule has 1 fully saturated rings. The van der Waals surface area contributed by atoms with Gasteiger partial charge in [-0.15, -0.1) is 0 Å². The number of aryl methyl sites for hydroxylation is 1. The lowest BCUT2D eigenvalue weighted by molar-refractivity contribution is -0.126. The van der Waals surface area contributed by atoms with Crippen LogP contribution >= 0.6 is 0 Å². The Morgan fingerprint density at radius 2 is 2.04 bits per heavy atom. The highest BCUT2D eigenvalue weighted by Crippen LogP contribution is 2.29. The molecular formula is C18H18N4O2. The van der Waals surface area contributed by atoms with Gasteiger partial charge in [0.1, 0.15) is 0 Å². The molecule has 2 aromatic heterocycles. The van der Waals surface area contributed by atoms with Gasteiger partial charge in [0.25, 0.3) is 0 Å². The fourth-order valence-corrected chi connectivity index (χ4v) is 3.01. The minimum atomic E-state index is -0.340. The fraction of sp³-hybridized carbons (Fsp3) is 0.278. The number of nitrogens with zero attached hydrogens (tertiary/aromatic N) is 3. The molecule has 0 radical (unpaired) electrons. The number of aliphatic hydroxyl groups excluding tert-OH is 1. The van der Waals surface area contributed by atoms with E-state index in [1.165, 1.54) is 0 Å². The van der Waals surface area contributed by atoms with Crippen LogP contribution in [-0.2, 0) is 4.79 Å². The van der Waals surface area contributed by atoms with Crippen molar-refractivity contribution in [3.8, 4) is 5.69 Å². The summed E-state index contributed by atoms with van der Waals surface area (Å²) in [7, 11) is 0. The minimum Gasteiger partial charge on any atom is -0.393 e. The number of nitrogens with one attached hydrogen (secondary N) is 1. The van der Waals surface area contributed by atoms with Crippen LogP contribution in [0.15, 0.2) is 42.6 Å². The monoisotopic (exact) mass is 322 g/mol. The third kappa shape index (κ3) is 2.55. The molecule has 2 N–H and O–H groups in total. The molecule has 6 nitrogen and oxygen atoms in total. The summed E-state index contributed by atoms with van der Waals surface area (Å²) in [6.07, 6.45) is 2.38. The van der Waals surface area contributed by atoms with E-state index in [9.17, 15) is 9.90 Å². The zero-order valence-corrected chi connectivity index (χ0v) is 13.3. The van der Waals surface area contributed by atoms with Crippen molar-refractivity contribution >= 4 is 22.6 Å². The zero-order chi connectivity index (χ0) is 16.7. The van der Waals surface area contributed by atoms with Gasteiger partial charge < -0.3 is 10.4 Å². The maximum Gasteiger partial charge on any atom is 0.227 e. The Hall–Kier alpha value is -2.73. The smallest absolute Gasteiger partial charge is 0.227 e. The number of amides is 1. The van der Waals surface area contributed by atoms with E-state index in [1.54, 1.807) is 10.9 Å². The summed E-state index contributed by atoms with van der Waals surface area (Å²) in [6, 6.07) is 11.7. The van der Waals surface area contributed by atoms with E-state index in [0.717, 1.165) is 22.4 Å². The first-order valence-corrected chi connectivity index (χ1v) is 8.01. The van der Waals surface area contributed by atoms with Crippen LogP contribution in [-0.4, -0.2) is 31.9 Å². The second-order valence-electron chi connectivity index (χ2n) is 6.24. The predicted octanol–water partition coefficient (Wildman–Crippen LogP) is 2.44. The highest BCUT2D eigenvalue weighted by atomic mass is 16.3. The van der Waals surface area contributed by atoms with Crippen molar-refractivity contribution in [3.63, 3.8) is 0 Å². The number of benzene rings is 1. The van der Waals surface area contributed by atoms with E-state index in [4.69, 9.17) is 0 Å². The molecule has 0 unspecified atom stereocenters. The second kappa shape index (κ2) is 5.72. The number of pyridine rings is 1. The van der Waals surface area contributed by atoms with Gasteiger partial charge in [-0.2, -0.15) is 5.10 Å². The average Bonchev–Trinajstić information content (AvgIpc) is 2.89. The van der Waals surface area contributed by atoms with Gasteiger partial charge in [0, 0.05) is 11.3 Å². The van der Waals surface area contributed by atoms with Crippen LogP contribution in [0.2, 0.25) is 0 Å². The first kappa shape index (κ1) is 14.8. The normalized spacial score (nSPS) is 19.9. The Morgan fingerprint density at radius 3 is 2.75 bits per heavy atom. The Bertz CT molecular complexity index is 898. The summed E-state index contributed by atoms with van der Waals surface area (Å²) in [5.74, 6) is -0.168. The summed E-state index contributed by atoms with van der Waals surface area (Å²) in [5.41, 5.74) is 3.22. The van der Waals surface area contributed by atoms with Gasteiger partial charge in [-0.25, -0.2) is 9.67 Å². The molecule has 1 amide bonds. The van der Waals surface area contributed by atoms with Crippen molar-refractivity contribution in [1.29, 1.82) is 0 Å². The molecule has 1 aromatic carbocycles. The highest BCUT2D eigenvalue weighted by Gasteiger charge is 2.33. The van der Waals surface area contributed by atoms with Crippen molar-refractivity contribution in [2.75, 3.05) is 5.32 Å². The molecule has 0 spiro atoms. The number of anilines is 1. The van der Waals surface area contributed by atoms with Crippen LogP contribution in [0, 0.1) is 12.8 Å². The van der Waals surface area contributed by atoms with E-state index in [-0.39, 0.29) is 17.9 Å². The van der Waals surface area contributed by atoms with E-state index in [0.29, 0.717) is 18.5 Å². The zero-order valence-electron chi connectivity index (χ0n) is 13.3. The molecule has 4 rings (SSSR count). The van der Waals surface area contributed by atoms with Crippen LogP contribution < -0.4 is 5.32 Å². The molecule has 6 heteroatoms. The van der Waals surface area contributed by atoms with Crippen LogP contribution in [0.1, 0.15) is 18.5 Å². The lowest BCUT2D eigenvalue weighted by Gasteiger charge is -2.29. The van der Waals surface area contributed by atoms with Gasteiger partial charge in [-0.05, 0) is 38.0 Å². The van der Waals surface area contributed by atoms with Crippen LogP contribution in [0.4, 0.5) is 5.69 Å². The lowest BCUT2D eigenvalue weighted by atomic mass is 9.82. The van der Waals surface area contributed by atoms with Crippen molar-refractivity contribution in [3.05, 3.63) is 48.3 Å². The Kier molecular flexibility index (Phi) is 3.54. The number of aromatic nitrogens is 3. The van der Waals surface area contributed by atoms with Gasteiger partial charge in [0.15, 0.2) is 5.65 Å². The van der Waals surface area contributed by atoms with Crippen molar-refractivity contribution in [2.24, 2.45) is 5.92 Å². The van der Waals surface area contributed by atoms with Crippen LogP contribution in [0.3, 0.4) is 0 Å². The molecule has 1 aliphatic rings. The maximum absolute atomic E-state index is 12.1. The number of carbonyl (C=O) groups is 1. The molecule has 1 saturated carbocycles. The minimum absolute atomic E-state index is 0.0606. The molecule has 2 heterocycles. The first-order valence-electron chi connectivity index (χ1n) is 8.01. The van der Waals surface area contributed by atoms with E-state index in [2.05, 4.69) is 15.4 Å². The summed E-state index contributed by atoms with van der Waals surface area (Å²) in [6.45, 7) is 1.93. The summed E-state index contributed by atoms with van der Waals surface area (Å²) in [5, 5.41) is 17.7. The Morgan fingerprint density at radius 1 is 1.29 bits per heavy atom.